The predicted molar refractivity (Wildman–Crippen MR) is 83.5 cm³/mol. The van der Waals surface area contributed by atoms with Gasteiger partial charge < -0.3 is 10.6 Å². The number of amides is 1. The molecule has 0 aliphatic carbocycles. The zero-order chi connectivity index (χ0) is 13.8. The number of hydrogen-bond donors (Lipinski definition) is 1. The van der Waals surface area contributed by atoms with E-state index in [-0.39, 0.29) is 17.8 Å². The van der Waals surface area contributed by atoms with Gasteiger partial charge in [-0.2, -0.15) is 0 Å². The van der Waals surface area contributed by atoms with Gasteiger partial charge in [0.2, 0.25) is 5.91 Å². The summed E-state index contributed by atoms with van der Waals surface area (Å²) in [7, 11) is 0. The fourth-order valence-electron chi connectivity index (χ4n) is 2.46. The second-order valence-electron chi connectivity index (χ2n) is 6.90. The Hall–Kier alpha value is -0.280. The summed E-state index contributed by atoms with van der Waals surface area (Å²) in [4.78, 5) is 14.4. The number of rotatable bonds is 4. The largest absolute Gasteiger partial charge is 0.342 e. The fraction of sp³-hybridized carbons (Fsp3) is 0.933. The first kappa shape index (κ1) is 18.7. The van der Waals surface area contributed by atoms with Crippen LogP contribution in [0.15, 0.2) is 0 Å². The molecule has 0 saturated carbocycles. The highest BCUT2D eigenvalue weighted by Gasteiger charge is 2.27. The fourth-order valence-corrected chi connectivity index (χ4v) is 2.46. The van der Waals surface area contributed by atoms with E-state index in [4.69, 9.17) is 5.73 Å². The lowest BCUT2D eigenvalue weighted by molar-refractivity contribution is -0.134. The van der Waals surface area contributed by atoms with Crippen molar-refractivity contribution in [1.82, 2.24) is 4.90 Å². The average Bonchev–Trinajstić information content (AvgIpc) is 2.28. The van der Waals surface area contributed by atoms with Gasteiger partial charge in [-0.15, -0.1) is 12.4 Å². The Bertz CT molecular complexity index is 274. The summed E-state index contributed by atoms with van der Waals surface area (Å²) in [6.07, 6.45) is 4.10. The molecule has 0 spiro atoms. The van der Waals surface area contributed by atoms with Gasteiger partial charge in [0.15, 0.2) is 0 Å². The molecule has 1 amide bonds. The van der Waals surface area contributed by atoms with Gasteiger partial charge in [0.25, 0.3) is 0 Å². The van der Waals surface area contributed by atoms with Crippen molar-refractivity contribution in [2.24, 2.45) is 23.0 Å². The summed E-state index contributed by atoms with van der Waals surface area (Å²) in [5, 5.41) is 0. The Morgan fingerprint density at radius 2 is 2.05 bits per heavy atom. The molecule has 2 atom stereocenters. The zero-order valence-corrected chi connectivity index (χ0v) is 13.8. The number of nitrogens with zero attached hydrogens (tertiary/aromatic N) is 1. The molecule has 1 heterocycles. The molecule has 1 rings (SSSR count). The lowest BCUT2D eigenvalue weighted by atomic mass is 9.80. The van der Waals surface area contributed by atoms with Crippen LogP contribution >= 0.6 is 12.4 Å². The summed E-state index contributed by atoms with van der Waals surface area (Å²) in [5.41, 5.74) is 5.83. The molecule has 2 unspecified atom stereocenters. The molecule has 114 valence electrons. The van der Waals surface area contributed by atoms with E-state index in [1.165, 1.54) is 6.42 Å². The van der Waals surface area contributed by atoms with Crippen LogP contribution in [0.3, 0.4) is 0 Å². The number of likely N-dealkylation sites (tertiary alicyclic amines) is 1. The minimum Gasteiger partial charge on any atom is -0.342 e. The van der Waals surface area contributed by atoms with Crippen LogP contribution in [-0.2, 0) is 4.79 Å². The Balaban J connectivity index is 0.00000324. The van der Waals surface area contributed by atoms with Crippen molar-refractivity contribution in [3.63, 3.8) is 0 Å². The summed E-state index contributed by atoms with van der Waals surface area (Å²) < 4.78 is 0. The molecule has 1 saturated heterocycles. The van der Waals surface area contributed by atoms with Crippen LogP contribution in [0.1, 0.15) is 53.4 Å². The summed E-state index contributed by atoms with van der Waals surface area (Å²) in [6.45, 7) is 11.4. The predicted octanol–water partition coefficient (Wildman–Crippen LogP) is 3.07. The molecular formula is C15H31ClN2O. The van der Waals surface area contributed by atoms with Crippen LogP contribution in [0.5, 0.6) is 0 Å². The number of hydrogen-bond acceptors (Lipinski definition) is 2. The SMILES string of the molecule is CC(CC(=O)N1CCCC(CCN)C1)C(C)(C)C.Cl. The van der Waals surface area contributed by atoms with Crippen LogP contribution in [0, 0.1) is 17.3 Å². The highest BCUT2D eigenvalue weighted by atomic mass is 35.5. The van der Waals surface area contributed by atoms with Gasteiger partial charge in [0.1, 0.15) is 0 Å². The lowest BCUT2D eigenvalue weighted by Crippen LogP contribution is -2.41. The third-order valence-corrected chi connectivity index (χ3v) is 4.41. The van der Waals surface area contributed by atoms with E-state index < -0.39 is 0 Å². The first-order chi connectivity index (χ1) is 8.34. The monoisotopic (exact) mass is 290 g/mol. The Labute approximate surface area is 124 Å². The third kappa shape index (κ3) is 6.13. The zero-order valence-electron chi connectivity index (χ0n) is 12.9. The molecule has 0 aromatic heterocycles. The number of nitrogens with two attached hydrogens (primary N) is 1. The van der Waals surface area contributed by atoms with Crippen LogP contribution in [-0.4, -0.2) is 30.4 Å². The maximum atomic E-state index is 12.3. The molecule has 4 heteroatoms. The molecule has 19 heavy (non-hydrogen) atoms. The van der Waals surface area contributed by atoms with Crippen molar-refractivity contribution in [2.45, 2.75) is 53.4 Å². The van der Waals surface area contributed by atoms with E-state index >= 15 is 0 Å². The van der Waals surface area contributed by atoms with E-state index in [2.05, 4.69) is 32.6 Å². The maximum absolute atomic E-state index is 12.3. The smallest absolute Gasteiger partial charge is 0.222 e. The Kier molecular flexibility index (Phi) is 7.99. The van der Waals surface area contributed by atoms with E-state index in [0.29, 0.717) is 24.2 Å². The molecule has 3 nitrogen and oxygen atoms in total. The van der Waals surface area contributed by atoms with E-state index in [9.17, 15) is 4.79 Å². The topological polar surface area (TPSA) is 46.3 Å². The minimum absolute atomic E-state index is 0. The molecule has 0 radical (unpaired) electrons. The minimum atomic E-state index is 0. The molecule has 1 fully saturated rings. The van der Waals surface area contributed by atoms with Gasteiger partial charge in [-0.05, 0) is 43.1 Å². The summed E-state index contributed by atoms with van der Waals surface area (Å²) in [5.74, 6) is 1.39. The van der Waals surface area contributed by atoms with Gasteiger partial charge in [0, 0.05) is 19.5 Å². The second kappa shape index (κ2) is 8.11. The van der Waals surface area contributed by atoms with Crippen molar-refractivity contribution in [1.29, 1.82) is 0 Å². The quantitative estimate of drug-likeness (QED) is 0.865. The highest BCUT2D eigenvalue weighted by Crippen LogP contribution is 2.29. The van der Waals surface area contributed by atoms with E-state index in [1.807, 2.05) is 0 Å². The van der Waals surface area contributed by atoms with Crippen molar-refractivity contribution in [2.75, 3.05) is 19.6 Å². The molecule has 0 aromatic carbocycles. The van der Waals surface area contributed by atoms with Crippen molar-refractivity contribution < 1.29 is 4.79 Å². The van der Waals surface area contributed by atoms with Crippen LogP contribution in [0.2, 0.25) is 0 Å². The number of carbonyl (C=O) groups excluding carboxylic acids is 1. The van der Waals surface area contributed by atoms with Gasteiger partial charge in [0.05, 0.1) is 0 Å². The summed E-state index contributed by atoms with van der Waals surface area (Å²) >= 11 is 0. The van der Waals surface area contributed by atoms with Crippen molar-refractivity contribution in [3.8, 4) is 0 Å². The van der Waals surface area contributed by atoms with Gasteiger partial charge in [-0.3, -0.25) is 4.79 Å². The highest BCUT2D eigenvalue weighted by molar-refractivity contribution is 5.85. The first-order valence-electron chi connectivity index (χ1n) is 7.32. The molecule has 1 aliphatic heterocycles. The number of halogens is 1. The van der Waals surface area contributed by atoms with Crippen molar-refractivity contribution in [3.05, 3.63) is 0 Å². The van der Waals surface area contributed by atoms with Gasteiger partial charge in [-0.25, -0.2) is 0 Å². The average molecular weight is 291 g/mol. The second-order valence-corrected chi connectivity index (χ2v) is 6.90. The van der Waals surface area contributed by atoms with Gasteiger partial charge >= 0.3 is 0 Å². The number of piperidine rings is 1. The van der Waals surface area contributed by atoms with Gasteiger partial charge in [-0.1, -0.05) is 27.7 Å². The van der Waals surface area contributed by atoms with Crippen molar-refractivity contribution >= 4 is 18.3 Å². The molecular weight excluding hydrogens is 260 g/mol. The van der Waals surface area contributed by atoms with E-state index in [0.717, 1.165) is 32.5 Å². The van der Waals surface area contributed by atoms with Crippen LogP contribution in [0.25, 0.3) is 0 Å². The third-order valence-electron chi connectivity index (χ3n) is 4.41. The molecule has 2 N–H and O–H groups in total. The van der Waals surface area contributed by atoms with Crippen LogP contribution in [0.4, 0.5) is 0 Å². The number of carbonyl (C=O) groups is 1. The maximum Gasteiger partial charge on any atom is 0.222 e. The molecule has 0 aromatic rings. The molecule has 0 bridgehead atoms. The Morgan fingerprint density at radius 3 is 2.58 bits per heavy atom. The lowest BCUT2D eigenvalue weighted by Gasteiger charge is -2.35. The standard InChI is InChI=1S/C15H30N2O.ClH/c1-12(15(2,3)4)10-14(18)17-9-5-6-13(11-17)7-8-16;/h12-13H,5-11,16H2,1-4H3;1H. The molecule has 1 aliphatic rings. The Morgan fingerprint density at radius 1 is 1.42 bits per heavy atom. The summed E-state index contributed by atoms with van der Waals surface area (Å²) in [6, 6.07) is 0. The van der Waals surface area contributed by atoms with E-state index in [1.54, 1.807) is 0 Å². The van der Waals surface area contributed by atoms with Crippen LogP contribution < -0.4 is 5.73 Å². The first-order valence-corrected chi connectivity index (χ1v) is 7.32. The normalized spacial score (nSPS) is 21.7.